The van der Waals surface area contributed by atoms with Crippen LogP contribution in [0.2, 0.25) is 0 Å². The minimum atomic E-state index is -0.366. The molecule has 5 fully saturated rings. The van der Waals surface area contributed by atoms with Crippen LogP contribution in [0.1, 0.15) is 184 Å². The van der Waals surface area contributed by atoms with E-state index in [0.717, 1.165) is 181 Å². The molecule has 0 radical (unpaired) electrons. The van der Waals surface area contributed by atoms with Gasteiger partial charge in [-0.05, 0) is 271 Å². The van der Waals surface area contributed by atoms with E-state index in [0.29, 0.717) is 46.4 Å². The van der Waals surface area contributed by atoms with Crippen molar-refractivity contribution in [3.63, 3.8) is 0 Å². The molecule has 0 atom stereocenters. The van der Waals surface area contributed by atoms with E-state index >= 15 is 0 Å². The van der Waals surface area contributed by atoms with Gasteiger partial charge in [0.15, 0.2) is 0 Å². The van der Waals surface area contributed by atoms with Crippen molar-refractivity contribution >= 4 is 63.3 Å². The van der Waals surface area contributed by atoms with Crippen molar-refractivity contribution in [1.82, 2.24) is 40.4 Å². The highest BCUT2D eigenvalue weighted by molar-refractivity contribution is 9.10. The maximum absolute atomic E-state index is 13.9. The normalized spacial score (nSPS) is 20.1. The Morgan fingerprint density at radius 2 is 0.960 bits per heavy atom. The van der Waals surface area contributed by atoms with Crippen LogP contribution in [0.25, 0.3) is 11.1 Å². The lowest BCUT2D eigenvalue weighted by Crippen LogP contribution is -2.42. The van der Waals surface area contributed by atoms with Crippen molar-refractivity contribution in [2.24, 2.45) is 0 Å². The quantitative estimate of drug-likeness (QED) is 0.0440. The molecular weight excluding hydrogens is 1320 g/mol. The van der Waals surface area contributed by atoms with Crippen LogP contribution in [0.3, 0.4) is 0 Å². The first kappa shape index (κ1) is 77.2. The number of hydrogen-bond donors (Lipinski definition) is 6. The molecule has 5 aliphatic rings. The minimum absolute atomic E-state index is 0.148. The molecule has 2 aromatic carbocycles. The molecule has 3 aliphatic heterocycles. The van der Waals surface area contributed by atoms with Gasteiger partial charge in [-0.1, -0.05) is 22.0 Å². The fourth-order valence-electron chi connectivity index (χ4n) is 15.0. The summed E-state index contributed by atoms with van der Waals surface area (Å²) in [5, 5.41) is 25.5. The summed E-state index contributed by atoms with van der Waals surface area (Å²) in [6.07, 6.45) is 15.7. The van der Waals surface area contributed by atoms with Crippen molar-refractivity contribution in [3.8, 4) is 11.1 Å². The Kier molecular flexibility index (Phi) is 26.2. The number of rotatable bonds is 18. The van der Waals surface area contributed by atoms with Crippen LogP contribution in [0.4, 0.5) is 23.0 Å². The topological polar surface area (TPSA) is 228 Å². The Morgan fingerprint density at radius 1 is 0.560 bits per heavy atom. The Bertz CT molecular complexity index is 3850. The smallest absolute Gasteiger partial charge is 0.399 e. The predicted octanol–water partition coefficient (Wildman–Crippen LogP) is 11.0. The predicted molar refractivity (Wildman–Crippen MR) is 409 cm³/mol. The van der Waals surface area contributed by atoms with Gasteiger partial charge in [-0.15, -0.1) is 0 Å². The summed E-state index contributed by atoms with van der Waals surface area (Å²) in [5.41, 5.74) is 11.7. The van der Waals surface area contributed by atoms with Gasteiger partial charge in [-0.3, -0.25) is 19.2 Å². The summed E-state index contributed by atoms with van der Waals surface area (Å²) in [7, 11) is 8.30. The van der Waals surface area contributed by atoms with E-state index in [-0.39, 0.29) is 66.6 Å². The van der Waals surface area contributed by atoms with E-state index < -0.39 is 0 Å². The number of carbonyl (C=O) groups excluding carboxylic acids is 2. The molecule has 542 valence electrons. The number of carbonyl (C=O) groups is 2. The average Bonchev–Trinajstić information content (AvgIpc) is 1.65. The van der Waals surface area contributed by atoms with E-state index in [2.05, 4.69) is 131 Å². The van der Waals surface area contributed by atoms with Gasteiger partial charge in [-0.25, -0.2) is 9.97 Å². The molecule has 0 spiro atoms. The number of nitrogens with zero attached hydrogens (tertiary/aromatic N) is 8. The maximum atomic E-state index is 13.9. The fraction of sp³-hybridized carbons (Fsp3) is 0.564. The molecular formula is C78H112BBrN12O8. The molecule has 20 nitrogen and oxygen atoms in total. The number of piperidine rings is 2. The third-order valence-electron chi connectivity index (χ3n) is 22.0. The molecule has 100 heavy (non-hydrogen) atoms. The SMILES string of the molecule is CC1(C)OB(c2ccc(N3CCC(O)CC3)nc2)OC1(C)C.CCN(c1cc(-c2ccc(N3CCC(O)CC3)nc2)cc(C(=O)NCc2c(C)cc(C)[nH]c2=O)c1C)C1CCC(N(C)C)CC1.CCN(c1cc(Br)cc(C(=O)NCc2c(C)cc(C)[nH]c2=O)c1C)C1CCC(N(C)C)CC1. The number of aliphatic hydroxyl groups excluding tert-OH is 2. The van der Waals surface area contributed by atoms with Gasteiger partial charge >= 0.3 is 7.12 Å². The van der Waals surface area contributed by atoms with E-state index in [1.807, 2.05) is 124 Å². The number of halogens is 1. The van der Waals surface area contributed by atoms with E-state index in [1.54, 1.807) is 0 Å². The molecule has 4 aromatic heterocycles. The van der Waals surface area contributed by atoms with Gasteiger partial charge in [0.1, 0.15) is 11.6 Å². The maximum Gasteiger partial charge on any atom is 0.496 e. The lowest BCUT2D eigenvalue weighted by Gasteiger charge is -2.40. The number of anilines is 4. The Balaban J connectivity index is 0.000000186. The van der Waals surface area contributed by atoms with Gasteiger partial charge in [-0.2, -0.15) is 0 Å². The lowest BCUT2D eigenvalue weighted by atomic mass is 9.80. The molecule has 7 heterocycles. The zero-order valence-corrected chi connectivity index (χ0v) is 64.0. The summed E-state index contributed by atoms with van der Waals surface area (Å²) in [4.78, 5) is 81.1. The van der Waals surface area contributed by atoms with E-state index in [4.69, 9.17) is 14.3 Å². The summed E-state index contributed by atoms with van der Waals surface area (Å²) < 4.78 is 13.0. The van der Waals surface area contributed by atoms with E-state index in [9.17, 15) is 29.4 Å². The molecule has 0 unspecified atom stereocenters. The zero-order valence-electron chi connectivity index (χ0n) is 62.4. The molecule has 6 aromatic rings. The fourth-order valence-corrected chi connectivity index (χ4v) is 15.4. The van der Waals surface area contributed by atoms with Crippen molar-refractivity contribution in [2.45, 2.75) is 221 Å². The van der Waals surface area contributed by atoms with Crippen LogP contribution >= 0.6 is 15.9 Å². The van der Waals surface area contributed by atoms with Crippen LogP contribution < -0.4 is 46.8 Å². The Labute approximate surface area is 602 Å². The molecule has 0 bridgehead atoms. The number of benzene rings is 2. The number of aromatic nitrogens is 4. The third kappa shape index (κ3) is 18.8. The molecule has 11 rings (SSSR count). The van der Waals surface area contributed by atoms with E-state index in [1.165, 1.54) is 12.8 Å². The molecule has 2 saturated carbocycles. The summed E-state index contributed by atoms with van der Waals surface area (Å²) in [6, 6.07) is 22.3. The Morgan fingerprint density at radius 3 is 1.34 bits per heavy atom. The minimum Gasteiger partial charge on any atom is -0.399 e. The highest BCUT2D eigenvalue weighted by Crippen LogP contribution is 2.39. The number of aromatic amines is 2. The van der Waals surface area contributed by atoms with Gasteiger partial charge in [0.05, 0.1) is 23.4 Å². The second-order valence-electron chi connectivity index (χ2n) is 29.8. The van der Waals surface area contributed by atoms with Gasteiger partial charge in [0, 0.05) is 149 Å². The highest BCUT2D eigenvalue weighted by atomic mass is 79.9. The van der Waals surface area contributed by atoms with Gasteiger partial charge < -0.3 is 69.5 Å². The van der Waals surface area contributed by atoms with Crippen molar-refractivity contribution in [3.05, 3.63) is 154 Å². The number of aryl methyl sites for hydroxylation is 4. The number of hydrogen-bond acceptors (Lipinski definition) is 16. The van der Waals surface area contributed by atoms with Gasteiger partial charge in [0.2, 0.25) is 0 Å². The summed E-state index contributed by atoms with van der Waals surface area (Å²) in [5.74, 6) is 1.50. The second-order valence-corrected chi connectivity index (χ2v) is 30.7. The first-order chi connectivity index (χ1) is 47.4. The molecule has 22 heteroatoms. The standard InChI is InChI=1S/C36H50N6O3.C26H37BrN4O2.C16H25BN2O3/c1-7-42(29-11-9-28(10-12-29)40(5)6)33-20-27(26-8-13-34(37-21-26)41-16-14-30(43)15-17-41)19-31(25(33)4)35(44)38-22-32-23(2)18-24(3)39-36(32)45;1-7-31(21-10-8-20(9-11-21)30(5)6)24-14-19(27)13-22(18(24)4)25(32)28-15-23-16(2)12-17(3)29-26(23)33;1-15(2)16(3,4)22-17(21-15)12-5-6-14(18-11-12)19-9-7-13(20)8-10-19/h8,13,18-21,28-30,43H,7,9-12,14-17,22H2,1-6H3,(H,38,44)(H,39,45);12-14,20-21H,7-11,15H2,1-6H3,(H,28,32)(H,29,33);5-6,11,13,20H,7-10H2,1-4H3. The number of nitrogens with one attached hydrogen (secondary N) is 4. The van der Waals surface area contributed by atoms with Crippen LogP contribution in [-0.4, -0.2) is 174 Å². The second kappa shape index (κ2) is 33.9. The largest absolute Gasteiger partial charge is 0.496 e. The van der Waals surface area contributed by atoms with Crippen LogP contribution in [0.5, 0.6) is 0 Å². The third-order valence-corrected chi connectivity index (χ3v) is 22.4. The zero-order chi connectivity index (χ0) is 72.5. The first-order valence-corrected chi connectivity index (χ1v) is 37.2. The van der Waals surface area contributed by atoms with Crippen LogP contribution in [0, 0.1) is 41.5 Å². The number of H-pyrrole nitrogens is 2. The summed E-state index contributed by atoms with van der Waals surface area (Å²) in [6.45, 7) is 29.5. The summed E-state index contributed by atoms with van der Waals surface area (Å²) >= 11 is 3.62. The first-order valence-electron chi connectivity index (χ1n) is 36.4. The Hall–Kier alpha value is -6.92. The number of pyridine rings is 4. The lowest BCUT2D eigenvalue weighted by molar-refractivity contribution is 0.00578. The van der Waals surface area contributed by atoms with Crippen molar-refractivity contribution in [2.75, 3.05) is 87.1 Å². The van der Waals surface area contributed by atoms with Gasteiger partial charge in [0.25, 0.3) is 22.9 Å². The molecule has 6 N–H and O–H groups in total. The van der Waals surface area contributed by atoms with Crippen molar-refractivity contribution < 1.29 is 29.1 Å². The van der Waals surface area contributed by atoms with Crippen LogP contribution in [0.15, 0.2) is 87.1 Å². The molecule has 2 aliphatic carbocycles. The molecule has 3 saturated heterocycles. The number of amides is 2. The average molecular weight is 1440 g/mol. The van der Waals surface area contributed by atoms with Crippen molar-refractivity contribution in [1.29, 1.82) is 0 Å². The molecule has 2 amide bonds. The van der Waals surface area contributed by atoms with Crippen LogP contribution in [-0.2, 0) is 22.4 Å². The monoisotopic (exact) mass is 1430 g/mol. The highest BCUT2D eigenvalue weighted by Gasteiger charge is 2.52. The number of aliphatic hydroxyl groups is 2.